The van der Waals surface area contributed by atoms with Gasteiger partial charge >= 0.3 is 0 Å². The first-order chi connectivity index (χ1) is 14.2. The Morgan fingerprint density at radius 1 is 0.897 bits per heavy atom. The predicted molar refractivity (Wildman–Crippen MR) is 115 cm³/mol. The summed E-state index contributed by atoms with van der Waals surface area (Å²) in [5.41, 5.74) is 3.44. The average Bonchev–Trinajstić information content (AvgIpc) is 2.80. The molecule has 0 saturated carbocycles. The van der Waals surface area contributed by atoms with Crippen molar-refractivity contribution in [2.45, 2.75) is 0 Å². The summed E-state index contributed by atoms with van der Waals surface area (Å²) < 4.78 is 5.17. The number of carbonyl (C=O) groups excluding carboxylic acids is 1. The molecule has 0 radical (unpaired) electrons. The van der Waals surface area contributed by atoms with E-state index in [0.29, 0.717) is 18.8 Å². The highest BCUT2D eigenvalue weighted by Gasteiger charge is 2.23. The molecule has 29 heavy (non-hydrogen) atoms. The van der Waals surface area contributed by atoms with E-state index in [1.807, 2.05) is 53.4 Å². The van der Waals surface area contributed by atoms with Crippen LogP contribution in [0.1, 0.15) is 10.5 Å². The maximum Gasteiger partial charge on any atom is 0.272 e. The third-order valence-corrected chi connectivity index (χ3v) is 5.05. The van der Waals surface area contributed by atoms with E-state index in [9.17, 15) is 4.79 Å². The second-order valence-corrected chi connectivity index (χ2v) is 6.90. The fourth-order valence-electron chi connectivity index (χ4n) is 3.40. The topological polar surface area (TPSA) is 57.7 Å². The number of methoxy groups -OCH3 is 1. The van der Waals surface area contributed by atoms with E-state index in [2.05, 4.69) is 27.3 Å². The zero-order valence-corrected chi connectivity index (χ0v) is 16.4. The van der Waals surface area contributed by atoms with Crippen molar-refractivity contribution in [3.8, 4) is 5.75 Å². The second kappa shape index (κ2) is 8.65. The largest absolute Gasteiger partial charge is 0.497 e. The summed E-state index contributed by atoms with van der Waals surface area (Å²) >= 11 is 0. The third-order valence-electron chi connectivity index (χ3n) is 5.05. The predicted octanol–water partition coefficient (Wildman–Crippen LogP) is 3.80. The number of ether oxygens (including phenoxy) is 1. The molecule has 1 amide bonds. The molecule has 4 rings (SSSR count). The lowest BCUT2D eigenvalue weighted by Crippen LogP contribution is -2.49. The fourth-order valence-corrected chi connectivity index (χ4v) is 3.40. The van der Waals surface area contributed by atoms with Gasteiger partial charge in [-0.1, -0.05) is 18.2 Å². The number of nitrogens with zero attached hydrogens (tertiary/aromatic N) is 3. The van der Waals surface area contributed by atoms with Crippen molar-refractivity contribution in [1.29, 1.82) is 0 Å². The van der Waals surface area contributed by atoms with Crippen LogP contribution in [-0.4, -0.2) is 49.1 Å². The Labute approximate surface area is 170 Å². The third kappa shape index (κ3) is 4.48. The molecule has 2 heterocycles. The van der Waals surface area contributed by atoms with E-state index in [0.717, 1.165) is 30.2 Å². The van der Waals surface area contributed by atoms with Crippen LogP contribution in [0, 0.1) is 0 Å². The molecule has 1 fully saturated rings. The number of para-hydroxylation sites is 1. The van der Waals surface area contributed by atoms with Crippen molar-refractivity contribution in [1.82, 2.24) is 9.88 Å². The molecule has 1 aromatic heterocycles. The fraction of sp³-hybridized carbons (Fsp3) is 0.217. The average molecular weight is 388 g/mol. The van der Waals surface area contributed by atoms with Crippen molar-refractivity contribution in [2.24, 2.45) is 0 Å². The summed E-state index contributed by atoms with van der Waals surface area (Å²) in [5, 5.41) is 3.28. The summed E-state index contributed by atoms with van der Waals surface area (Å²) in [5.74, 6) is 0.788. The SMILES string of the molecule is COc1ccc(Nc2ccc(C(=O)N3CCN(c4ccccc4)CC3)nc2)cc1. The van der Waals surface area contributed by atoms with Gasteiger partial charge in [0.25, 0.3) is 5.91 Å². The number of amides is 1. The molecule has 0 bridgehead atoms. The minimum absolute atomic E-state index is 0.0197. The quantitative estimate of drug-likeness (QED) is 0.721. The molecular formula is C23H24N4O2. The van der Waals surface area contributed by atoms with Crippen molar-refractivity contribution in [3.05, 3.63) is 78.6 Å². The Balaban J connectivity index is 1.34. The highest BCUT2D eigenvalue weighted by Crippen LogP contribution is 2.20. The first-order valence-corrected chi connectivity index (χ1v) is 9.69. The molecule has 0 aliphatic carbocycles. The van der Waals surface area contributed by atoms with E-state index >= 15 is 0 Å². The normalized spacial score (nSPS) is 13.8. The van der Waals surface area contributed by atoms with Gasteiger partial charge < -0.3 is 19.9 Å². The molecule has 1 aliphatic rings. The van der Waals surface area contributed by atoms with Gasteiger partial charge in [-0.25, -0.2) is 4.98 Å². The molecular weight excluding hydrogens is 364 g/mol. The highest BCUT2D eigenvalue weighted by molar-refractivity contribution is 5.92. The molecule has 6 heteroatoms. The molecule has 0 spiro atoms. The zero-order chi connectivity index (χ0) is 20.1. The molecule has 0 unspecified atom stereocenters. The summed E-state index contributed by atoms with van der Waals surface area (Å²) in [6.45, 7) is 3.04. The number of hydrogen-bond donors (Lipinski definition) is 1. The number of hydrogen-bond acceptors (Lipinski definition) is 5. The standard InChI is InChI=1S/C23H24N4O2/c1-29-21-10-7-18(8-11-21)25-19-9-12-22(24-17-19)23(28)27-15-13-26(14-16-27)20-5-3-2-4-6-20/h2-12,17,25H,13-16H2,1H3. The van der Waals surface area contributed by atoms with E-state index in [1.165, 1.54) is 5.69 Å². The Hall–Kier alpha value is -3.54. The summed E-state index contributed by atoms with van der Waals surface area (Å²) in [7, 11) is 1.64. The number of benzene rings is 2. The van der Waals surface area contributed by atoms with Crippen molar-refractivity contribution in [2.75, 3.05) is 43.5 Å². The van der Waals surface area contributed by atoms with Crippen molar-refractivity contribution in [3.63, 3.8) is 0 Å². The van der Waals surface area contributed by atoms with Gasteiger partial charge in [0.2, 0.25) is 0 Å². The van der Waals surface area contributed by atoms with Crippen molar-refractivity contribution >= 4 is 23.0 Å². The maximum atomic E-state index is 12.8. The van der Waals surface area contributed by atoms with Crippen LogP contribution in [0.15, 0.2) is 72.9 Å². The highest BCUT2D eigenvalue weighted by atomic mass is 16.5. The van der Waals surface area contributed by atoms with E-state index in [-0.39, 0.29) is 5.91 Å². The summed E-state index contributed by atoms with van der Waals surface area (Å²) in [6, 6.07) is 21.6. The van der Waals surface area contributed by atoms with Crippen LogP contribution in [0.4, 0.5) is 17.1 Å². The number of aromatic nitrogens is 1. The first-order valence-electron chi connectivity index (χ1n) is 9.69. The van der Waals surface area contributed by atoms with Gasteiger partial charge in [-0.2, -0.15) is 0 Å². The van der Waals surface area contributed by atoms with Crippen LogP contribution in [0.5, 0.6) is 5.75 Å². The number of pyridine rings is 1. The molecule has 0 atom stereocenters. The smallest absolute Gasteiger partial charge is 0.272 e. The first kappa shape index (κ1) is 18.8. The van der Waals surface area contributed by atoms with E-state index < -0.39 is 0 Å². The lowest BCUT2D eigenvalue weighted by atomic mass is 10.2. The van der Waals surface area contributed by atoms with Gasteiger partial charge in [0, 0.05) is 37.6 Å². The lowest BCUT2D eigenvalue weighted by Gasteiger charge is -2.36. The summed E-state index contributed by atoms with van der Waals surface area (Å²) in [4.78, 5) is 21.3. The van der Waals surface area contributed by atoms with Crippen molar-refractivity contribution < 1.29 is 9.53 Å². The van der Waals surface area contributed by atoms with E-state index in [4.69, 9.17) is 4.74 Å². The van der Waals surface area contributed by atoms with E-state index in [1.54, 1.807) is 19.4 Å². The zero-order valence-electron chi connectivity index (χ0n) is 16.4. The number of nitrogens with one attached hydrogen (secondary N) is 1. The van der Waals surface area contributed by atoms with Gasteiger partial charge in [-0.3, -0.25) is 4.79 Å². The Bertz CT molecular complexity index is 935. The molecule has 1 aliphatic heterocycles. The Morgan fingerprint density at radius 2 is 1.59 bits per heavy atom. The maximum absolute atomic E-state index is 12.8. The minimum atomic E-state index is -0.0197. The second-order valence-electron chi connectivity index (χ2n) is 6.90. The van der Waals surface area contributed by atoms with Crippen LogP contribution in [-0.2, 0) is 0 Å². The van der Waals surface area contributed by atoms with Crippen LogP contribution in [0.2, 0.25) is 0 Å². The van der Waals surface area contributed by atoms with Crippen LogP contribution in [0.25, 0.3) is 0 Å². The van der Waals surface area contributed by atoms with Gasteiger partial charge in [-0.15, -0.1) is 0 Å². The van der Waals surface area contributed by atoms with Gasteiger partial charge in [0.05, 0.1) is 19.0 Å². The summed E-state index contributed by atoms with van der Waals surface area (Å²) in [6.07, 6.45) is 1.69. The molecule has 1 saturated heterocycles. The van der Waals surface area contributed by atoms with Gasteiger partial charge in [0.15, 0.2) is 0 Å². The van der Waals surface area contributed by atoms with Crippen LogP contribution in [0.3, 0.4) is 0 Å². The van der Waals surface area contributed by atoms with Gasteiger partial charge in [-0.05, 0) is 48.5 Å². The molecule has 3 aromatic rings. The number of piperazine rings is 1. The number of carbonyl (C=O) groups is 1. The monoisotopic (exact) mass is 388 g/mol. The molecule has 1 N–H and O–H groups in total. The van der Waals surface area contributed by atoms with Crippen LogP contribution >= 0.6 is 0 Å². The number of rotatable bonds is 5. The number of anilines is 3. The lowest BCUT2D eigenvalue weighted by molar-refractivity contribution is 0.0741. The Morgan fingerprint density at radius 3 is 2.21 bits per heavy atom. The van der Waals surface area contributed by atoms with Gasteiger partial charge in [0.1, 0.15) is 11.4 Å². The molecule has 6 nitrogen and oxygen atoms in total. The Kier molecular flexibility index (Phi) is 5.61. The molecule has 148 valence electrons. The molecule has 2 aromatic carbocycles. The van der Waals surface area contributed by atoms with Crippen LogP contribution < -0.4 is 15.0 Å². The minimum Gasteiger partial charge on any atom is -0.497 e.